The van der Waals surface area contributed by atoms with E-state index in [-0.39, 0.29) is 24.0 Å². The average molecular weight is 242 g/mol. The van der Waals surface area contributed by atoms with Crippen molar-refractivity contribution in [1.82, 2.24) is 10.6 Å². The van der Waals surface area contributed by atoms with E-state index in [4.69, 9.17) is 9.84 Å². The van der Waals surface area contributed by atoms with E-state index in [0.717, 1.165) is 19.4 Å². The lowest BCUT2D eigenvalue weighted by atomic mass is 9.82. The van der Waals surface area contributed by atoms with Gasteiger partial charge in [-0.05, 0) is 25.3 Å². The second-order valence-corrected chi connectivity index (χ2v) is 5.04. The normalized spacial score (nSPS) is 36.6. The fourth-order valence-corrected chi connectivity index (χ4v) is 2.52. The molecule has 3 N–H and O–H groups in total. The summed E-state index contributed by atoms with van der Waals surface area (Å²) >= 11 is 0. The molecule has 0 aromatic heterocycles. The van der Waals surface area contributed by atoms with Gasteiger partial charge in [0.15, 0.2) is 0 Å². The lowest BCUT2D eigenvalue weighted by Gasteiger charge is -2.31. The molecule has 1 saturated heterocycles. The van der Waals surface area contributed by atoms with Crippen molar-refractivity contribution in [3.8, 4) is 0 Å². The molecule has 1 amide bonds. The molecular weight excluding hydrogens is 220 g/mol. The van der Waals surface area contributed by atoms with Gasteiger partial charge in [0.25, 0.3) is 0 Å². The number of carbonyl (C=O) groups is 1. The molecule has 5 nitrogen and oxygen atoms in total. The summed E-state index contributed by atoms with van der Waals surface area (Å²) < 4.78 is 5.34. The molecule has 98 valence electrons. The molecule has 5 heteroatoms. The summed E-state index contributed by atoms with van der Waals surface area (Å²) in [5.41, 5.74) is 0. The van der Waals surface area contributed by atoms with Crippen molar-refractivity contribution < 1.29 is 14.6 Å². The molecule has 17 heavy (non-hydrogen) atoms. The third-order valence-electron chi connectivity index (χ3n) is 3.66. The van der Waals surface area contributed by atoms with E-state index in [1.54, 1.807) is 0 Å². The molecule has 2 fully saturated rings. The largest absolute Gasteiger partial charge is 0.393 e. The fraction of sp³-hybridized carbons (Fsp3) is 0.917. The van der Waals surface area contributed by atoms with Crippen LogP contribution in [0.2, 0.25) is 0 Å². The van der Waals surface area contributed by atoms with E-state index in [0.29, 0.717) is 25.7 Å². The number of nitrogens with one attached hydrogen (secondary N) is 2. The van der Waals surface area contributed by atoms with E-state index in [9.17, 15) is 4.79 Å². The van der Waals surface area contributed by atoms with Crippen molar-refractivity contribution in [3.63, 3.8) is 0 Å². The molecule has 1 aliphatic carbocycles. The number of hydrogen-bond acceptors (Lipinski definition) is 4. The van der Waals surface area contributed by atoms with Crippen molar-refractivity contribution >= 4 is 5.91 Å². The fourth-order valence-electron chi connectivity index (χ4n) is 2.52. The Balaban J connectivity index is 1.71. The first-order valence-electron chi connectivity index (χ1n) is 6.47. The highest BCUT2D eigenvalue weighted by atomic mass is 16.5. The second kappa shape index (κ2) is 5.80. The van der Waals surface area contributed by atoms with Gasteiger partial charge in [-0.15, -0.1) is 0 Å². The van der Waals surface area contributed by atoms with E-state index in [1.807, 2.05) is 6.92 Å². The third-order valence-corrected chi connectivity index (χ3v) is 3.66. The van der Waals surface area contributed by atoms with Gasteiger partial charge in [-0.2, -0.15) is 0 Å². The Hall–Kier alpha value is -0.650. The zero-order valence-electron chi connectivity index (χ0n) is 10.3. The zero-order chi connectivity index (χ0) is 12.3. The smallest absolute Gasteiger partial charge is 0.227 e. The molecule has 0 aromatic carbocycles. The van der Waals surface area contributed by atoms with Crippen LogP contribution in [0.3, 0.4) is 0 Å². The average Bonchev–Trinajstić information content (AvgIpc) is 2.71. The van der Waals surface area contributed by atoms with Crippen LogP contribution in [0.5, 0.6) is 0 Å². The van der Waals surface area contributed by atoms with Crippen LogP contribution in [-0.4, -0.2) is 49.5 Å². The van der Waals surface area contributed by atoms with Gasteiger partial charge in [0.05, 0.1) is 25.2 Å². The van der Waals surface area contributed by atoms with Gasteiger partial charge < -0.3 is 20.5 Å². The Kier molecular flexibility index (Phi) is 4.36. The number of hydrogen-bond donors (Lipinski definition) is 3. The van der Waals surface area contributed by atoms with Crippen LogP contribution in [0.15, 0.2) is 0 Å². The van der Waals surface area contributed by atoms with Gasteiger partial charge in [-0.25, -0.2) is 0 Å². The third kappa shape index (κ3) is 3.18. The lowest BCUT2D eigenvalue weighted by molar-refractivity contribution is -0.126. The van der Waals surface area contributed by atoms with Crippen molar-refractivity contribution in [2.45, 2.75) is 31.9 Å². The molecule has 0 aromatic rings. The van der Waals surface area contributed by atoms with Crippen LogP contribution < -0.4 is 10.6 Å². The van der Waals surface area contributed by atoms with Crippen LogP contribution in [0.1, 0.15) is 19.8 Å². The first kappa shape index (κ1) is 12.8. The summed E-state index contributed by atoms with van der Waals surface area (Å²) in [7, 11) is 0. The van der Waals surface area contributed by atoms with E-state index in [1.165, 1.54) is 0 Å². The van der Waals surface area contributed by atoms with Gasteiger partial charge in [0.1, 0.15) is 0 Å². The van der Waals surface area contributed by atoms with Crippen LogP contribution in [0, 0.1) is 11.8 Å². The number of rotatable bonds is 5. The van der Waals surface area contributed by atoms with Crippen molar-refractivity contribution in [2.75, 3.05) is 26.3 Å². The Morgan fingerprint density at radius 1 is 1.41 bits per heavy atom. The summed E-state index contributed by atoms with van der Waals surface area (Å²) in [4.78, 5) is 12.0. The number of amides is 1. The molecule has 2 rings (SSSR count). The Morgan fingerprint density at radius 2 is 2.18 bits per heavy atom. The monoisotopic (exact) mass is 242 g/mol. The minimum Gasteiger partial charge on any atom is -0.393 e. The number of aliphatic hydroxyl groups excluding tert-OH is 1. The minimum atomic E-state index is -0.152. The quantitative estimate of drug-likeness (QED) is 0.608. The number of ether oxygens (including phenoxy) is 1. The maximum Gasteiger partial charge on any atom is 0.227 e. The molecule has 1 saturated carbocycles. The van der Waals surface area contributed by atoms with Gasteiger partial charge in [0, 0.05) is 12.6 Å². The first-order valence-corrected chi connectivity index (χ1v) is 6.47. The maximum atomic E-state index is 12.0. The zero-order valence-corrected chi connectivity index (χ0v) is 10.3. The topological polar surface area (TPSA) is 70.6 Å². The van der Waals surface area contributed by atoms with Gasteiger partial charge in [0.2, 0.25) is 5.91 Å². The van der Waals surface area contributed by atoms with Gasteiger partial charge in [-0.3, -0.25) is 4.79 Å². The molecule has 0 bridgehead atoms. The Morgan fingerprint density at radius 3 is 2.82 bits per heavy atom. The summed E-state index contributed by atoms with van der Waals surface area (Å²) in [5.74, 6) is 0.462. The molecule has 2 unspecified atom stereocenters. The lowest BCUT2D eigenvalue weighted by Crippen LogP contribution is -2.46. The highest BCUT2D eigenvalue weighted by Gasteiger charge is 2.34. The van der Waals surface area contributed by atoms with Crippen molar-refractivity contribution in [1.29, 1.82) is 0 Å². The van der Waals surface area contributed by atoms with Crippen molar-refractivity contribution in [3.05, 3.63) is 0 Å². The Labute approximate surface area is 102 Å². The molecule has 2 aliphatic rings. The van der Waals surface area contributed by atoms with Gasteiger partial charge in [-0.1, -0.05) is 6.92 Å². The molecule has 1 heterocycles. The number of carbonyl (C=O) groups excluding carboxylic acids is 1. The van der Waals surface area contributed by atoms with Crippen LogP contribution in [-0.2, 0) is 9.53 Å². The van der Waals surface area contributed by atoms with Crippen molar-refractivity contribution in [2.24, 2.45) is 11.8 Å². The van der Waals surface area contributed by atoms with E-state index in [2.05, 4.69) is 10.6 Å². The standard InChI is InChI=1S/C12H22N2O3/c1-2-13-11-7-17-6-10(11)12(16)14-5-8-3-9(15)4-8/h8-11,13,15H,2-7H2,1H3,(H,14,16). The first-order chi connectivity index (χ1) is 8.20. The summed E-state index contributed by atoms with van der Waals surface area (Å²) in [6.07, 6.45) is 1.48. The maximum absolute atomic E-state index is 12.0. The summed E-state index contributed by atoms with van der Waals surface area (Å²) in [6.45, 7) is 4.70. The number of likely N-dealkylation sites (N-methyl/N-ethyl adjacent to an activating group) is 1. The molecule has 2 atom stereocenters. The summed E-state index contributed by atoms with van der Waals surface area (Å²) in [6, 6.07) is 0.145. The SMILES string of the molecule is CCNC1COCC1C(=O)NCC1CC(O)C1. The van der Waals surface area contributed by atoms with E-state index >= 15 is 0 Å². The summed E-state index contributed by atoms with van der Waals surface area (Å²) in [5, 5.41) is 15.4. The highest BCUT2D eigenvalue weighted by molar-refractivity contribution is 5.79. The van der Waals surface area contributed by atoms with Gasteiger partial charge >= 0.3 is 0 Å². The molecule has 0 spiro atoms. The van der Waals surface area contributed by atoms with Crippen LogP contribution >= 0.6 is 0 Å². The molecular formula is C12H22N2O3. The number of aliphatic hydroxyl groups is 1. The Bertz CT molecular complexity index is 266. The molecule has 0 radical (unpaired) electrons. The second-order valence-electron chi connectivity index (χ2n) is 5.04. The predicted octanol–water partition coefficient (Wildman–Crippen LogP) is -0.502. The van der Waals surface area contributed by atoms with E-state index < -0.39 is 0 Å². The van der Waals surface area contributed by atoms with Crippen LogP contribution in [0.25, 0.3) is 0 Å². The molecule has 1 aliphatic heterocycles. The van der Waals surface area contributed by atoms with Crippen LogP contribution in [0.4, 0.5) is 0 Å². The minimum absolute atomic E-state index is 0.0695. The highest BCUT2D eigenvalue weighted by Crippen LogP contribution is 2.26. The predicted molar refractivity (Wildman–Crippen MR) is 63.5 cm³/mol.